The van der Waals surface area contributed by atoms with Crippen molar-refractivity contribution in [1.82, 2.24) is 19.4 Å². The van der Waals surface area contributed by atoms with Gasteiger partial charge in [0.2, 0.25) is 0 Å². The standard InChI is InChI=1S/C31H36N6O3/c1-31(2,3)40-30(39)34-26-9-7-22(29-32-10-11-36(29)5)17-23(26)18-28(38)24-16-21-6-8-25(19-27(21)33-20-24)37-14-12-35(4)13-15-37/h6-11,16-17,19-20H,12-15,18H2,1-5H3,(H,34,39). The van der Waals surface area contributed by atoms with E-state index in [1.807, 2.05) is 62.8 Å². The highest BCUT2D eigenvalue weighted by atomic mass is 16.6. The number of carbonyl (C=O) groups is 2. The zero-order valence-corrected chi connectivity index (χ0v) is 23.8. The predicted molar refractivity (Wildman–Crippen MR) is 158 cm³/mol. The minimum atomic E-state index is -0.645. The topological polar surface area (TPSA) is 92.6 Å². The lowest BCUT2D eigenvalue weighted by Crippen LogP contribution is -2.44. The van der Waals surface area contributed by atoms with Crippen LogP contribution in [0, 0.1) is 0 Å². The van der Waals surface area contributed by atoms with Crippen LogP contribution in [0.3, 0.4) is 0 Å². The summed E-state index contributed by atoms with van der Waals surface area (Å²) in [4.78, 5) is 39.8. The highest BCUT2D eigenvalue weighted by molar-refractivity contribution is 6.01. The molecule has 1 N–H and O–H groups in total. The molecule has 0 radical (unpaired) electrons. The van der Waals surface area contributed by atoms with Crippen LogP contribution in [-0.4, -0.2) is 70.1 Å². The second-order valence-electron chi connectivity index (χ2n) is 11.4. The number of fused-ring (bicyclic) bond motifs is 1. The molecule has 5 rings (SSSR count). The summed E-state index contributed by atoms with van der Waals surface area (Å²) in [5.41, 5.74) is 3.92. The third-order valence-electron chi connectivity index (χ3n) is 7.03. The fraction of sp³-hybridized carbons (Fsp3) is 0.355. The Kier molecular flexibility index (Phi) is 7.58. The number of piperazine rings is 1. The van der Waals surface area contributed by atoms with Crippen LogP contribution in [0.15, 0.2) is 61.1 Å². The number of Topliss-reactive ketones (excluding diaryl/α,β-unsaturated/α-hetero) is 1. The average molecular weight is 541 g/mol. The van der Waals surface area contributed by atoms with Crippen molar-refractivity contribution in [3.63, 3.8) is 0 Å². The lowest BCUT2D eigenvalue weighted by Gasteiger charge is -2.34. The van der Waals surface area contributed by atoms with E-state index in [4.69, 9.17) is 4.74 Å². The van der Waals surface area contributed by atoms with E-state index >= 15 is 0 Å². The molecular formula is C31H36N6O3. The molecule has 2 aromatic carbocycles. The summed E-state index contributed by atoms with van der Waals surface area (Å²) in [5, 5.41) is 3.73. The highest BCUT2D eigenvalue weighted by Gasteiger charge is 2.20. The monoisotopic (exact) mass is 540 g/mol. The number of aryl methyl sites for hydroxylation is 1. The van der Waals surface area contributed by atoms with E-state index < -0.39 is 11.7 Å². The van der Waals surface area contributed by atoms with Crippen molar-refractivity contribution in [3.8, 4) is 11.4 Å². The van der Waals surface area contributed by atoms with Gasteiger partial charge in [-0.15, -0.1) is 0 Å². The van der Waals surface area contributed by atoms with Crippen molar-refractivity contribution in [3.05, 3.63) is 72.2 Å². The van der Waals surface area contributed by atoms with Crippen molar-refractivity contribution in [2.45, 2.75) is 32.8 Å². The molecular weight excluding hydrogens is 504 g/mol. The quantitative estimate of drug-likeness (QED) is 0.338. The van der Waals surface area contributed by atoms with Gasteiger partial charge in [-0.3, -0.25) is 15.1 Å². The molecule has 208 valence electrons. The van der Waals surface area contributed by atoms with Gasteiger partial charge in [-0.25, -0.2) is 9.78 Å². The number of nitrogens with zero attached hydrogens (tertiary/aromatic N) is 5. The molecule has 2 aromatic heterocycles. The summed E-state index contributed by atoms with van der Waals surface area (Å²) in [6.45, 7) is 9.45. The third kappa shape index (κ3) is 6.31. The Labute approximate surface area is 234 Å². The number of hydrogen-bond donors (Lipinski definition) is 1. The van der Waals surface area contributed by atoms with Gasteiger partial charge in [0.15, 0.2) is 5.78 Å². The Morgan fingerprint density at radius 2 is 1.75 bits per heavy atom. The highest BCUT2D eigenvalue weighted by Crippen LogP contribution is 2.27. The van der Waals surface area contributed by atoms with E-state index in [0.717, 1.165) is 54.2 Å². The average Bonchev–Trinajstić information content (AvgIpc) is 3.34. The van der Waals surface area contributed by atoms with Crippen molar-refractivity contribution in [1.29, 1.82) is 0 Å². The molecule has 0 spiro atoms. The van der Waals surface area contributed by atoms with Gasteiger partial charge in [-0.2, -0.15) is 0 Å². The molecule has 1 fully saturated rings. The number of ether oxygens (including phenoxy) is 1. The van der Waals surface area contributed by atoms with E-state index in [1.54, 1.807) is 18.5 Å². The number of ketones is 1. The first-order chi connectivity index (χ1) is 19.1. The van der Waals surface area contributed by atoms with Gasteiger partial charge < -0.3 is 19.1 Å². The number of nitrogens with one attached hydrogen (secondary N) is 1. The number of likely N-dealkylation sites (N-methyl/N-ethyl adjacent to an activating group) is 1. The molecule has 4 aromatic rings. The zero-order chi connectivity index (χ0) is 28.4. The molecule has 40 heavy (non-hydrogen) atoms. The van der Waals surface area contributed by atoms with Gasteiger partial charge in [-0.05, 0) is 69.8 Å². The van der Waals surface area contributed by atoms with Crippen LogP contribution in [0.4, 0.5) is 16.2 Å². The molecule has 1 amide bonds. The molecule has 0 unspecified atom stereocenters. The van der Waals surface area contributed by atoms with Gasteiger partial charge in [0, 0.05) is 86.1 Å². The van der Waals surface area contributed by atoms with Gasteiger partial charge in [0.25, 0.3) is 0 Å². The molecule has 1 saturated heterocycles. The summed E-state index contributed by atoms with van der Waals surface area (Å²) >= 11 is 0. The van der Waals surface area contributed by atoms with Gasteiger partial charge in [-0.1, -0.05) is 6.07 Å². The molecule has 9 nitrogen and oxygen atoms in total. The number of rotatable bonds is 6. The second kappa shape index (κ2) is 11.1. The lowest BCUT2D eigenvalue weighted by molar-refractivity contribution is 0.0635. The van der Waals surface area contributed by atoms with E-state index in [1.165, 1.54) is 0 Å². The summed E-state index contributed by atoms with van der Waals surface area (Å²) in [6.07, 6.45) is 4.73. The van der Waals surface area contributed by atoms with Crippen molar-refractivity contribution < 1.29 is 14.3 Å². The number of pyridine rings is 1. The summed E-state index contributed by atoms with van der Waals surface area (Å²) in [7, 11) is 4.05. The van der Waals surface area contributed by atoms with Crippen LogP contribution >= 0.6 is 0 Å². The van der Waals surface area contributed by atoms with Crippen molar-refractivity contribution in [2.24, 2.45) is 7.05 Å². The smallest absolute Gasteiger partial charge is 0.412 e. The third-order valence-corrected chi connectivity index (χ3v) is 7.03. The number of aromatic nitrogens is 3. The van der Waals surface area contributed by atoms with E-state index in [0.29, 0.717) is 16.8 Å². The SMILES string of the molecule is CN1CCN(c2ccc3cc(C(=O)Cc4cc(-c5nccn5C)ccc4NC(=O)OC(C)(C)C)cnc3c2)CC1. The first kappa shape index (κ1) is 27.3. The number of amides is 1. The molecule has 0 bridgehead atoms. The van der Waals surface area contributed by atoms with Crippen molar-refractivity contribution >= 4 is 34.2 Å². The maximum absolute atomic E-state index is 13.5. The largest absolute Gasteiger partial charge is 0.444 e. The van der Waals surface area contributed by atoms with E-state index in [2.05, 4.69) is 44.3 Å². The van der Waals surface area contributed by atoms with E-state index in [-0.39, 0.29) is 12.2 Å². The Morgan fingerprint density at radius 1 is 0.975 bits per heavy atom. The maximum Gasteiger partial charge on any atom is 0.412 e. The van der Waals surface area contributed by atoms with Crippen LogP contribution in [-0.2, 0) is 18.2 Å². The first-order valence-corrected chi connectivity index (χ1v) is 13.5. The zero-order valence-electron chi connectivity index (χ0n) is 23.8. The Bertz CT molecular complexity index is 1550. The van der Waals surface area contributed by atoms with Gasteiger partial charge >= 0.3 is 6.09 Å². The van der Waals surface area contributed by atoms with Crippen LogP contribution < -0.4 is 10.2 Å². The van der Waals surface area contributed by atoms with Gasteiger partial charge in [0.05, 0.1) is 5.52 Å². The molecule has 0 saturated carbocycles. The minimum absolute atomic E-state index is 0.0793. The molecule has 3 heterocycles. The molecule has 0 atom stereocenters. The number of hydrogen-bond acceptors (Lipinski definition) is 7. The summed E-state index contributed by atoms with van der Waals surface area (Å²) < 4.78 is 7.36. The van der Waals surface area contributed by atoms with Crippen LogP contribution in [0.25, 0.3) is 22.3 Å². The van der Waals surface area contributed by atoms with Crippen LogP contribution in [0.2, 0.25) is 0 Å². The Hall–Kier alpha value is -4.24. The number of carbonyl (C=O) groups excluding carboxylic acids is 2. The molecule has 0 aliphatic carbocycles. The number of imidazole rings is 1. The fourth-order valence-corrected chi connectivity index (χ4v) is 4.86. The second-order valence-corrected chi connectivity index (χ2v) is 11.4. The Morgan fingerprint density at radius 3 is 2.45 bits per heavy atom. The van der Waals surface area contributed by atoms with Gasteiger partial charge in [0.1, 0.15) is 11.4 Å². The predicted octanol–water partition coefficient (Wildman–Crippen LogP) is 5.16. The van der Waals surface area contributed by atoms with E-state index in [9.17, 15) is 9.59 Å². The summed E-state index contributed by atoms with van der Waals surface area (Å²) in [5.74, 6) is 0.669. The summed E-state index contributed by atoms with van der Waals surface area (Å²) in [6, 6.07) is 13.7. The first-order valence-electron chi connectivity index (χ1n) is 13.5. The maximum atomic E-state index is 13.5. The van der Waals surface area contributed by atoms with Crippen LogP contribution in [0.1, 0.15) is 36.7 Å². The van der Waals surface area contributed by atoms with Crippen molar-refractivity contribution in [2.75, 3.05) is 43.4 Å². The number of benzene rings is 2. The number of anilines is 2. The molecule has 9 heteroatoms. The molecule has 1 aliphatic rings. The fourth-order valence-electron chi connectivity index (χ4n) is 4.86. The normalized spacial score (nSPS) is 14.4. The molecule has 1 aliphatic heterocycles. The minimum Gasteiger partial charge on any atom is -0.444 e. The van der Waals surface area contributed by atoms with Crippen LogP contribution in [0.5, 0.6) is 0 Å². The Balaban J connectivity index is 1.40. The lowest BCUT2D eigenvalue weighted by atomic mass is 9.99.